The average Bonchev–Trinajstić information content (AvgIpc) is 2.45. The van der Waals surface area contributed by atoms with Gasteiger partial charge in [-0.3, -0.25) is 0 Å². The molecule has 4 nitrogen and oxygen atoms in total. The number of para-hydroxylation sites is 1. The van der Waals surface area contributed by atoms with Crippen molar-refractivity contribution in [2.24, 2.45) is 10.7 Å². The maximum absolute atomic E-state index is 5.91. The van der Waals surface area contributed by atoms with Gasteiger partial charge in [0.2, 0.25) is 0 Å². The van der Waals surface area contributed by atoms with Gasteiger partial charge in [0.25, 0.3) is 0 Å². The van der Waals surface area contributed by atoms with Gasteiger partial charge in [-0.15, -0.1) is 11.8 Å². The molecule has 0 aliphatic heterocycles. The number of nitrogens with one attached hydrogen (secondary N) is 1. The van der Waals surface area contributed by atoms with Gasteiger partial charge in [0.05, 0.1) is 11.6 Å². The first kappa shape index (κ1) is 16.4. The van der Waals surface area contributed by atoms with E-state index < -0.39 is 0 Å². The summed E-state index contributed by atoms with van der Waals surface area (Å²) in [6.07, 6.45) is 1.82. The summed E-state index contributed by atoms with van der Waals surface area (Å²) in [6, 6.07) is 13.8. The van der Waals surface area contributed by atoms with E-state index in [9.17, 15) is 0 Å². The normalized spacial score (nSPS) is 12.2. The Labute approximate surface area is 136 Å². The molecule has 0 aliphatic rings. The number of aliphatic imine (C=N–C) groups is 1. The highest BCUT2D eigenvalue weighted by molar-refractivity contribution is 8.00. The van der Waals surface area contributed by atoms with E-state index >= 15 is 0 Å². The Bertz CT molecular complexity index is 633. The topological polar surface area (TPSA) is 63.3 Å². The van der Waals surface area contributed by atoms with Crippen molar-refractivity contribution in [2.75, 3.05) is 5.32 Å². The largest absolute Gasteiger partial charge is 0.370 e. The van der Waals surface area contributed by atoms with Gasteiger partial charge in [0, 0.05) is 16.6 Å². The smallest absolute Gasteiger partial charge is 0.193 e. The fraction of sp³-hybridized carbons (Fsp3) is 0.294. The second-order valence-corrected chi connectivity index (χ2v) is 7.76. The van der Waals surface area contributed by atoms with E-state index in [1.54, 1.807) is 11.8 Å². The lowest BCUT2D eigenvalue weighted by Gasteiger charge is -2.16. The summed E-state index contributed by atoms with van der Waals surface area (Å²) in [6.45, 7) is 7.05. The van der Waals surface area contributed by atoms with Crippen LogP contribution in [0.3, 0.4) is 0 Å². The predicted molar refractivity (Wildman–Crippen MR) is 95.2 cm³/mol. The summed E-state index contributed by atoms with van der Waals surface area (Å²) in [5, 5.41) is 4.08. The summed E-state index contributed by atoms with van der Waals surface area (Å²) in [5.41, 5.74) is 7.94. The molecule has 0 saturated carbocycles. The van der Waals surface area contributed by atoms with Crippen molar-refractivity contribution in [2.45, 2.75) is 37.1 Å². The van der Waals surface area contributed by atoms with Crippen LogP contribution in [0.5, 0.6) is 0 Å². The van der Waals surface area contributed by atoms with Gasteiger partial charge in [-0.25, -0.2) is 9.98 Å². The van der Waals surface area contributed by atoms with Crippen LogP contribution in [0.4, 0.5) is 5.69 Å². The van der Waals surface area contributed by atoms with Crippen LogP contribution < -0.4 is 11.1 Å². The van der Waals surface area contributed by atoms with Crippen LogP contribution in [-0.2, 0) is 6.54 Å². The third kappa shape index (κ3) is 5.77. The molecule has 5 heteroatoms. The number of guanidine groups is 1. The summed E-state index contributed by atoms with van der Waals surface area (Å²) in [7, 11) is 0. The lowest BCUT2D eigenvalue weighted by Crippen LogP contribution is -2.22. The number of hydrogen-bond donors (Lipinski definition) is 2. The molecule has 1 aromatic heterocycles. The highest BCUT2D eigenvalue weighted by Gasteiger charge is 2.13. The van der Waals surface area contributed by atoms with Crippen LogP contribution in [0.2, 0.25) is 0 Å². The van der Waals surface area contributed by atoms with Gasteiger partial charge in [-0.05, 0) is 29.8 Å². The van der Waals surface area contributed by atoms with Gasteiger partial charge in [0.1, 0.15) is 0 Å². The lowest BCUT2D eigenvalue weighted by atomic mass is 10.3. The molecular weight excluding hydrogens is 292 g/mol. The number of anilines is 1. The lowest BCUT2D eigenvalue weighted by molar-refractivity contribution is 0.798. The van der Waals surface area contributed by atoms with Gasteiger partial charge in [-0.1, -0.05) is 39.0 Å². The van der Waals surface area contributed by atoms with Crippen LogP contribution in [-0.4, -0.2) is 15.7 Å². The molecular formula is C17H22N4S. The molecule has 0 aliphatic carbocycles. The van der Waals surface area contributed by atoms with E-state index in [-0.39, 0.29) is 4.75 Å². The van der Waals surface area contributed by atoms with Crippen LogP contribution in [0.1, 0.15) is 26.3 Å². The zero-order chi connectivity index (χ0) is 16.0. The number of nitrogens with two attached hydrogens (primary N) is 1. The van der Waals surface area contributed by atoms with Crippen LogP contribution in [0.15, 0.2) is 58.7 Å². The van der Waals surface area contributed by atoms with Crippen molar-refractivity contribution < 1.29 is 0 Å². The predicted octanol–water partition coefficient (Wildman–Crippen LogP) is 3.90. The summed E-state index contributed by atoms with van der Waals surface area (Å²) >= 11 is 1.75. The van der Waals surface area contributed by atoms with Crippen molar-refractivity contribution in [3.05, 3.63) is 54.2 Å². The number of rotatable bonds is 4. The van der Waals surface area contributed by atoms with Gasteiger partial charge in [-0.2, -0.15) is 0 Å². The second kappa shape index (κ2) is 7.31. The van der Waals surface area contributed by atoms with E-state index in [0.29, 0.717) is 12.5 Å². The number of thioether (sulfide) groups is 1. The second-order valence-electron chi connectivity index (χ2n) is 5.91. The van der Waals surface area contributed by atoms with Crippen molar-refractivity contribution >= 4 is 23.4 Å². The highest BCUT2D eigenvalue weighted by atomic mass is 32.2. The molecule has 2 aromatic rings. The third-order valence-electron chi connectivity index (χ3n) is 2.69. The standard InChI is InChI=1S/C17H22N4S/c1-17(2,3)22-15-11-13(9-10-19-15)12-20-16(18)21-14-7-5-4-6-8-14/h4-11H,12H2,1-3H3,(H3,18,20,21). The minimum Gasteiger partial charge on any atom is -0.370 e. The van der Waals surface area contributed by atoms with E-state index in [1.807, 2.05) is 42.6 Å². The Morgan fingerprint density at radius 2 is 1.95 bits per heavy atom. The first-order valence-corrected chi connectivity index (χ1v) is 8.00. The van der Waals surface area contributed by atoms with Gasteiger partial charge >= 0.3 is 0 Å². The van der Waals surface area contributed by atoms with E-state index in [0.717, 1.165) is 16.3 Å². The molecule has 22 heavy (non-hydrogen) atoms. The van der Waals surface area contributed by atoms with E-state index in [1.165, 1.54) is 0 Å². The van der Waals surface area contributed by atoms with Gasteiger partial charge in [0.15, 0.2) is 5.96 Å². The quantitative estimate of drug-likeness (QED) is 0.510. The third-order valence-corrected chi connectivity index (χ3v) is 3.73. The van der Waals surface area contributed by atoms with Crippen LogP contribution in [0.25, 0.3) is 0 Å². The van der Waals surface area contributed by atoms with E-state index in [4.69, 9.17) is 5.73 Å². The van der Waals surface area contributed by atoms with Crippen LogP contribution in [0, 0.1) is 0 Å². The van der Waals surface area contributed by atoms with E-state index in [2.05, 4.69) is 42.1 Å². The molecule has 0 saturated heterocycles. The first-order chi connectivity index (χ1) is 10.4. The Hall–Kier alpha value is -2.01. The molecule has 0 spiro atoms. The molecule has 116 valence electrons. The fourth-order valence-electron chi connectivity index (χ4n) is 1.80. The number of pyridine rings is 1. The fourth-order valence-corrected chi connectivity index (χ4v) is 2.75. The zero-order valence-electron chi connectivity index (χ0n) is 13.2. The number of benzene rings is 1. The van der Waals surface area contributed by atoms with Crippen LogP contribution >= 0.6 is 11.8 Å². The first-order valence-electron chi connectivity index (χ1n) is 7.18. The Kier molecular flexibility index (Phi) is 5.44. The SMILES string of the molecule is CC(C)(C)Sc1cc(CN=C(N)Nc2ccccc2)ccn1. The maximum atomic E-state index is 5.91. The number of aromatic nitrogens is 1. The minimum absolute atomic E-state index is 0.142. The average molecular weight is 314 g/mol. The molecule has 0 atom stereocenters. The molecule has 1 heterocycles. The molecule has 0 amide bonds. The Morgan fingerprint density at radius 3 is 2.64 bits per heavy atom. The van der Waals surface area contributed by atoms with Crippen molar-refractivity contribution in [3.63, 3.8) is 0 Å². The zero-order valence-corrected chi connectivity index (χ0v) is 14.0. The molecule has 0 fully saturated rings. The molecule has 0 unspecified atom stereocenters. The monoisotopic (exact) mass is 314 g/mol. The molecule has 3 N–H and O–H groups in total. The molecule has 2 rings (SSSR count). The summed E-state index contributed by atoms with van der Waals surface area (Å²) in [5.74, 6) is 0.410. The molecule has 1 aromatic carbocycles. The van der Waals surface area contributed by atoms with Gasteiger partial charge < -0.3 is 11.1 Å². The number of nitrogens with zero attached hydrogens (tertiary/aromatic N) is 2. The van der Waals surface area contributed by atoms with Crippen molar-refractivity contribution in [1.82, 2.24) is 4.98 Å². The summed E-state index contributed by atoms with van der Waals surface area (Å²) < 4.78 is 0.142. The Balaban J connectivity index is 1.98. The highest BCUT2D eigenvalue weighted by Crippen LogP contribution is 2.30. The Morgan fingerprint density at radius 1 is 1.23 bits per heavy atom. The maximum Gasteiger partial charge on any atom is 0.193 e. The minimum atomic E-state index is 0.142. The number of hydrogen-bond acceptors (Lipinski definition) is 3. The van der Waals surface area contributed by atoms with Crippen molar-refractivity contribution in [1.29, 1.82) is 0 Å². The van der Waals surface area contributed by atoms with Crippen molar-refractivity contribution in [3.8, 4) is 0 Å². The molecule has 0 radical (unpaired) electrons. The molecule has 0 bridgehead atoms. The summed E-state index contributed by atoms with van der Waals surface area (Å²) in [4.78, 5) is 8.76.